The highest BCUT2D eigenvalue weighted by atomic mass is 32.1. The van der Waals surface area contributed by atoms with E-state index in [4.69, 9.17) is 17.0 Å². The topological polar surface area (TPSA) is 42.3 Å². The van der Waals surface area contributed by atoms with Crippen LogP contribution in [-0.4, -0.2) is 21.3 Å². The number of pyridine rings is 1. The Labute approximate surface area is 206 Å². The second kappa shape index (κ2) is 9.31. The maximum atomic E-state index is 5.90. The van der Waals surface area contributed by atoms with Gasteiger partial charge in [0.2, 0.25) is 0 Å². The Balaban J connectivity index is 1.63. The van der Waals surface area contributed by atoms with Gasteiger partial charge in [-0.2, -0.15) is 0 Å². The van der Waals surface area contributed by atoms with Crippen molar-refractivity contribution in [1.29, 1.82) is 0 Å². The van der Waals surface area contributed by atoms with Gasteiger partial charge >= 0.3 is 0 Å². The standard InChI is InChI=1S/C28H28N4OS/c1-4-33-23-12-10-21(11-13-23)31-15-7-9-25(31)27-26(24-8-5-6-14-29-24)30-28(34)32(27)22-17-19(2)16-20(3)18-22/h5-18,26-27H,4H2,1-3H3,(H,30,34)/t26-,27+/m1/s1. The molecule has 0 aliphatic carbocycles. The molecule has 0 saturated carbocycles. The van der Waals surface area contributed by atoms with Gasteiger partial charge in [-0.25, -0.2) is 0 Å². The third kappa shape index (κ3) is 4.17. The molecule has 1 fully saturated rings. The zero-order valence-corrected chi connectivity index (χ0v) is 20.4. The van der Waals surface area contributed by atoms with Crippen LogP contribution in [0.25, 0.3) is 5.69 Å². The molecule has 2 aromatic heterocycles. The van der Waals surface area contributed by atoms with Crippen LogP contribution in [0.1, 0.15) is 41.5 Å². The van der Waals surface area contributed by atoms with E-state index < -0.39 is 0 Å². The summed E-state index contributed by atoms with van der Waals surface area (Å²) in [6.45, 7) is 6.89. The van der Waals surface area contributed by atoms with Crippen molar-refractivity contribution < 1.29 is 4.74 Å². The fourth-order valence-electron chi connectivity index (χ4n) is 4.76. The van der Waals surface area contributed by atoms with Crippen molar-refractivity contribution in [1.82, 2.24) is 14.9 Å². The third-order valence-corrected chi connectivity index (χ3v) is 6.41. The SMILES string of the molecule is CCOc1ccc(-n2cccc2[C@H]2[C@@H](c3ccccn3)NC(=S)N2c2cc(C)cc(C)c2)cc1. The number of rotatable bonds is 6. The van der Waals surface area contributed by atoms with Crippen LogP contribution in [0.3, 0.4) is 0 Å². The first-order chi connectivity index (χ1) is 16.5. The summed E-state index contributed by atoms with van der Waals surface area (Å²) in [6.07, 6.45) is 3.93. The lowest BCUT2D eigenvalue weighted by molar-refractivity contribution is 0.340. The Hall–Kier alpha value is -3.64. The number of hydrogen-bond donors (Lipinski definition) is 1. The van der Waals surface area contributed by atoms with Crippen molar-refractivity contribution in [2.45, 2.75) is 32.9 Å². The van der Waals surface area contributed by atoms with Crippen LogP contribution in [0.2, 0.25) is 0 Å². The summed E-state index contributed by atoms with van der Waals surface area (Å²) in [4.78, 5) is 6.91. The van der Waals surface area contributed by atoms with Gasteiger partial charge in [0.15, 0.2) is 5.11 Å². The molecule has 0 unspecified atom stereocenters. The summed E-state index contributed by atoms with van der Waals surface area (Å²) in [6, 6.07) is 24.9. The summed E-state index contributed by atoms with van der Waals surface area (Å²) >= 11 is 5.90. The first-order valence-corrected chi connectivity index (χ1v) is 12.0. The molecule has 172 valence electrons. The quantitative estimate of drug-likeness (QED) is 0.348. The molecule has 1 N–H and O–H groups in total. The van der Waals surface area contributed by atoms with Gasteiger partial charge in [-0.3, -0.25) is 4.98 Å². The molecule has 1 aliphatic heterocycles. The molecule has 0 radical (unpaired) electrons. The Morgan fingerprint density at radius 1 is 0.941 bits per heavy atom. The molecule has 5 nitrogen and oxygen atoms in total. The predicted molar refractivity (Wildman–Crippen MR) is 141 cm³/mol. The van der Waals surface area contributed by atoms with Crippen molar-refractivity contribution >= 4 is 23.0 Å². The van der Waals surface area contributed by atoms with Gasteiger partial charge in [-0.05, 0) is 105 Å². The highest BCUT2D eigenvalue weighted by Gasteiger charge is 2.42. The minimum absolute atomic E-state index is 0.0785. The predicted octanol–water partition coefficient (Wildman–Crippen LogP) is 6.06. The number of aromatic nitrogens is 2. The Morgan fingerprint density at radius 2 is 1.71 bits per heavy atom. The minimum Gasteiger partial charge on any atom is -0.494 e. The van der Waals surface area contributed by atoms with E-state index in [0.717, 1.165) is 28.5 Å². The van der Waals surface area contributed by atoms with Gasteiger partial charge in [0, 0.05) is 29.5 Å². The molecule has 2 aromatic carbocycles. The Morgan fingerprint density at radius 3 is 2.38 bits per heavy atom. The summed E-state index contributed by atoms with van der Waals surface area (Å²) in [5.74, 6) is 0.867. The Bertz CT molecular complexity index is 1280. The van der Waals surface area contributed by atoms with Crippen LogP contribution in [0.4, 0.5) is 5.69 Å². The summed E-state index contributed by atoms with van der Waals surface area (Å²) in [5.41, 5.74) is 6.66. The van der Waals surface area contributed by atoms with E-state index in [-0.39, 0.29) is 12.1 Å². The minimum atomic E-state index is -0.0918. The lowest BCUT2D eigenvalue weighted by Crippen LogP contribution is -2.30. The van der Waals surface area contributed by atoms with Gasteiger partial charge < -0.3 is 19.5 Å². The average molecular weight is 469 g/mol. The van der Waals surface area contributed by atoms with Gasteiger partial charge in [0.25, 0.3) is 0 Å². The first-order valence-electron chi connectivity index (χ1n) is 11.5. The highest BCUT2D eigenvalue weighted by Crippen LogP contribution is 2.42. The lowest BCUT2D eigenvalue weighted by atomic mass is 10.00. The molecular formula is C28H28N4OS. The van der Waals surface area contributed by atoms with Gasteiger partial charge in [-0.15, -0.1) is 0 Å². The zero-order chi connectivity index (χ0) is 23.7. The molecule has 4 aromatic rings. The van der Waals surface area contributed by atoms with Crippen LogP contribution in [0, 0.1) is 13.8 Å². The summed E-state index contributed by atoms with van der Waals surface area (Å²) < 4.78 is 7.87. The van der Waals surface area contributed by atoms with Crippen molar-refractivity contribution in [3.63, 3.8) is 0 Å². The highest BCUT2D eigenvalue weighted by molar-refractivity contribution is 7.80. The molecule has 5 rings (SSSR count). The molecule has 0 spiro atoms. The van der Waals surface area contributed by atoms with E-state index in [9.17, 15) is 0 Å². The summed E-state index contributed by atoms with van der Waals surface area (Å²) in [5, 5.41) is 4.26. The van der Waals surface area contributed by atoms with Crippen LogP contribution in [-0.2, 0) is 0 Å². The van der Waals surface area contributed by atoms with Crippen molar-refractivity contribution in [2.75, 3.05) is 11.5 Å². The number of hydrogen-bond acceptors (Lipinski definition) is 3. The summed E-state index contributed by atoms with van der Waals surface area (Å²) in [7, 11) is 0. The fourth-order valence-corrected chi connectivity index (χ4v) is 5.11. The number of benzene rings is 2. The van der Waals surface area contributed by atoms with E-state index in [0.29, 0.717) is 11.7 Å². The van der Waals surface area contributed by atoms with Crippen molar-refractivity contribution in [3.05, 3.63) is 108 Å². The monoisotopic (exact) mass is 468 g/mol. The maximum Gasteiger partial charge on any atom is 0.174 e. The largest absolute Gasteiger partial charge is 0.494 e. The molecule has 6 heteroatoms. The number of thiocarbonyl (C=S) groups is 1. The maximum absolute atomic E-state index is 5.90. The number of ether oxygens (including phenoxy) is 1. The first kappa shape index (κ1) is 22.2. The molecule has 34 heavy (non-hydrogen) atoms. The fraction of sp³-hybridized carbons (Fsp3) is 0.214. The molecular weight excluding hydrogens is 440 g/mol. The van der Waals surface area contributed by atoms with Crippen LogP contribution >= 0.6 is 12.2 Å². The number of aryl methyl sites for hydroxylation is 2. The van der Waals surface area contributed by atoms with E-state index in [1.54, 1.807) is 0 Å². The third-order valence-electron chi connectivity index (χ3n) is 6.09. The average Bonchev–Trinajstić information content (AvgIpc) is 3.44. The number of anilines is 1. The van der Waals surface area contributed by atoms with Crippen LogP contribution < -0.4 is 15.0 Å². The molecule has 2 atom stereocenters. The van der Waals surface area contributed by atoms with Crippen molar-refractivity contribution in [2.24, 2.45) is 0 Å². The van der Waals surface area contributed by atoms with E-state index in [2.05, 4.69) is 88.3 Å². The van der Waals surface area contributed by atoms with E-state index in [1.807, 2.05) is 37.4 Å². The van der Waals surface area contributed by atoms with Gasteiger partial charge in [0.05, 0.1) is 18.3 Å². The molecule has 1 saturated heterocycles. The molecule has 3 heterocycles. The normalized spacial score (nSPS) is 17.6. The lowest BCUT2D eigenvalue weighted by Gasteiger charge is -2.29. The van der Waals surface area contributed by atoms with Crippen LogP contribution in [0.5, 0.6) is 5.75 Å². The second-order valence-electron chi connectivity index (χ2n) is 8.57. The van der Waals surface area contributed by atoms with E-state index in [1.165, 1.54) is 11.1 Å². The molecule has 0 amide bonds. The van der Waals surface area contributed by atoms with Gasteiger partial charge in [0.1, 0.15) is 11.8 Å². The van der Waals surface area contributed by atoms with Crippen molar-refractivity contribution in [3.8, 4) is 11.4 Å². The van der Waals surface area contributed by atoms with Gasteiger partial charge in [-0.1, -0.05) is 12.1 Å². The zero-order valence-electron chi connectivity index (χ0n) is 19.6. The molecule has 0 bridgehead atoms. The number of nitrogens with one attached hydrogen (secondary N) is 1. The van der Waals surface area contributed by atoms with E-state index >= 15 is 0 Å². The smallest absolute Gasteiger partial charge is 0.174 e. The van der Waals surface area contributed by atoms with Crippen LogP contribution in [0.15, 0.2) is 85.2 Å². The number of nitrogens with zero attached hydrogens (tertiary/aromatic N) is 3. The molecule has 1 aliphatic rings. The Kier molecular flexibility index (Phi) is 6.07. The second-order valence-corrected chi connectivity index (χ2v) is 8.96.